The van der Waals surface area contributed by atoms with E-state index in [4.69, 9.17) is 10.5 Å². The molecule has 6 heteroatoms. The van der Waals surface area contributed by atoms with Gasteiger partial charge < -0.3 is 15.8 Å². The van der Waals surface area contributed by atoms with Crippen LogP contribution in [0.25, 0.3) is 0 Å². The zero-order chi connectivity index (χ0) is 15.5. The van der Waals surface area contributed by atoms with Crippen molar-refractivity contribution in [3.63, 3.8) is 0 Å². The van der Waals surface area contributed by atoms with Crippen LogP contribution in [0.2, 0.25) is 0 Å². The number of aromatic amines is 1. The monoisotopic (exact) mass is 294 g/mol. The minimum atomic E-state index is -0.505. The number of nitrogens with two attached hydrogens (primary N) is 1. The predicted molar refractivity (Wildman–Crippen MR) is 81.1 cm³/mol. The molecular weight excluding hydrogens is 268 g/mol. The Hall–Kier alpha value is -1.56. The second-order valence-electron chi connectivity index (χ2n) is 6.62. The van der Waals surface area contributed by atoms with Gasteiger partial charge in [0.1, 0.15) is 5.60 Å². The van der Waals surface area contributed by atoms with Crippen LogP contribution in [0.15, 0.2) is 0 Å². The molecule has 21 heavy (non-hydrogen) atoms. The van der Waals surface area contributed by atoms with E-state index in [1.807, 2.05) is 20.8 Å². The average molecular weight is 294 g/mol. The van der Waals surface area contributed by atoms with Crippen LogP contribution in [-0.4, -0.2) is 34.5 Å². The maximum absolute atomic E-state index is 11.8. The van der Waals surface area contributed by atoms with Gasteiger partial charge in [0.2, 0.25) is 0 Å². The summed E-state index contributed by atoms with van der Waals surface area (Å²) >= 11 is 0. The Morgan fingerprint density at radius 1 is 1.43 bits per heavy atom. The first-order chi connectivity index (χ1) is 9.89. The van der Waals surface area contributed by atoms with Crippen molar-refractivity contribution in [2.45, 2.75) is 64.5 Å². The van der Waals surface area contributed by atoms with Crippen molar-refractivity contribution in [2.24, 2.45) is 5.73 Å². The summed E-state index contributed by atoms with van der Waals surface area (Å²) in [5.74, 6) is 0. The minimum absolute atomic E-state index is 0.158. The second kappa shape index (κ2) is 6.47. The summed E-state index contributed by atoms with van der Waals surface area (Å²) in [6.07, 6.45) is 4.75. The highest BCUT2D eigenvalue weighted by molar-refractivity contribution is 5.68. The Kier molecular flexibility index (Phi) is 4.88. The summed E-state index contributed by atoms with van der Waals surface area (Å²) in [7, 11) is 0. The van der Waals surface area contributed by atoms with Crippen LogP contribution in [-0.2, 0) is 24.0 Å². The third-order valence-electron chi connectivity index (χ3n) is 3.59. The third-order valence-corrected chi connectivity index (χ3v) is 3.59. The van der Waals surface area contributed by atoms with Gasteiger partial charge in [-0.05, 0) is 52.0 Å². The molecular formula is C15H26N4O2. The zero-order valence-corrected chi connectivity index (χ0v) is 13.2. The van der Waals surface area contributed by atoms with Gasteiger partial charge in [-0.15, -0.1) is 0 Å². The largest absolute Gasteiger partial charge is 0.444 e. The first kappa shape index (κ1) is 15.8. The highest BCUT2D eigenvalue weighted by atomic mass is 16.6. The molecule has 4 N–H and O–H groups in total. The van der Waals surface area contributed by atoms with E-state index in [1.54, 1.807) is 0 Å². The Morgan fingerprint density at radius 2 is 2.14 bits per heavy atom. The van der Waals surface area contributed by atoms with Gasteiger partial charge in [-0.25, -0.2) is 4.79 Å². The molecule has 0 aromatic carbocycles. The van der Waals surface area contributed by atoms with Gasteiger partial charge in [0.25, 0.3) is 0 Å². The topological polar surface area (TPSA) is 93.0 Å². The van der Waals surface area contributed by atoms with Crippen LogP contribution >= 0.6 is 0 Å². The van der Waals surface area contributed by atoms with Crippen molar-refractivity contribution in [2.75, 3.05) is 6.54 Å². The van der Waals surface area contributed by atoms with Crippen LogP contribution in [0, 0.1) is 0 Å². The lowest BCUT2D eigenvalue weighted by Gasteiger charge is -2.23. The molecule has 1 amide bonds. The highest BCUT2D eigenvalue weighted by Crippen LogP contribution is 2.22. The van der Waals surface area contributed by atoms with Crippen molar-refractivity contribution in [3.8, 4) is 0 Å². The summed E-state index contributed by atoms with van der Waals surface area (Å²) in [5, 5.41) is 10.3. The van der Waals surface area contributed by atoms with E-state index >= 15 is 0 Å². The molecule has 1 atom stereocenters. The van der Waals surface area contributed by atoms with Crippen LogP contribution in [0.4, 0.5) is 4.79 Å². The summed E-state index contributed by atoms with van der Waals surface area (Å²) in [6, 6.07) is -0.158. The Balaban J connectivity index is 1.96. The number of nitrogens with one attached hydrogen (secondary N) is 2. The molecule has 1 aromatic rings. The van der Waals surface area contributed by atoms with Gasteiger partial charge in [0.15, 0.2) is 0 Å². The molecule has 118 valence electrons. The van der Waals surface area contributed by atoms with Crippen molar-refractivity contribution in [1.29, 1.82) is 0 Å². The second-order valence-corrected chi connectivity index (χ2v) is 6.62. The molecule has 2 rings (SSSR count). The van der Waals surface area contributed by atoms with Crippen molar-refractivity contribution < 1.29 is 9.53 Å². The predicted octanol–water partition coefficient (Wildman–Crippen LogP) is 1.68. The maximum atomic E-state index is 11.8. The van der Waals surface area contributed by atoms with Gasteiger partial charge in [0.05, 0.1) is 11.7 Å². The molecule has 0 aliphatic heterocycles. The number of hydrogen-bond acceptors (Lipinski definition) is 4. The molecule has 0 bridgehead atoms. The summed E-state index contributed by atoms with van der Waals surface area (Å²) in [6.45, 7) is 5.89. The van der Waals surface area contributed by atoms with Crippen LogP contribution in [0.5, 0.6) is 0 Å². The molecule has 0 radical (unpaired) electrons. The molecule has 1 aliphatic rings. The number of ether oxygens (including phenoxy) is 1. The lowest BCUT2D eigenvalue weighted by atomic mass is 9.94. The number of alkyl carbamates (subject to hydrolysis) is 1. The van der Waals surface area contributed by atoms with Gasteiger partial charge >= 0.3 is 6.09 Å². The maximum Gasteiger partial charge on any atom is 0.407 e. The number of amides is 1. The number of fused-ring (bicyclic) bond motifs is 1. The molecule has 1 heterocycles. The van der Waals surface area contributed by atoms with Gasteiger partial charge in [0, 0.05) is 18.7 Å². The molecule has 6 nitrogen and oxygen atoms in total. The molecule has 0 spiro atoms. The normalized spacial score (nSPS) is 16.2. The Labute approximate surface area is 125 Å². The number of H-pyrrole nitrogens is 1. The van der Waals surface area contributed by atoms with E-state index in [0.717, 1.165) is 18.5 Å². The lowest BCUT2D eigenvalue weighted by Crippen LogP contribution is -2.44. The van der Waals surface area contributed by atoms with Crippen LogP contribution < -0.4 is 11.1 Å². The van der Waals surface area contributed by atoms with Gasteiger partial charge in [-0.2, -0.15) is 5.10 Å². The fraction of sp³-hybridized carbons (Fsp3) is 0.733. The summed E-state index contributed by atoms with van der Waals surface area (Å²) in [5.41, 5.74) is 8.84. The van der Waals surface area contributed by atoms with E-state index in [-0.39, 0.29) is 6.04 Å². The lowest BCUT2D eigenvalue weighted by molar-refractivity contribution is 0.0505. The van der Waals surface area contributed by atoms with E-state index < -0.39 is 11.7 Å². The van der Waals surface area contributed by atoms with E-state index in [9.17, 15) is 4.79 Å². The first-order valence-corrected chi connectivity index (χ1v) is 7.63. The smallest absolute Gasteiger partial charge is 0.407 e. The number of hydrogen-bond donors (Lipinski definition) is 3. The summed E-state index contributed by atoms with van der Waals surface area (Å²) < 4.78 is 5.27. The van der Waals surface area contributed by atoms with E-state index in [1.165, 1.54) is 24.1 Å². The third kappa shape index (κ3) is 4.46. The SMILES string of the molecule is CC(C)(C)OC(=O)NC(CN)Cc1n[nH]c2c1CCCC2. The fourth-order valence-electron chi connectivity index (χ4n) is 2.62. The van der Waals surface area contributed by atoms with Gasteiger partial charge in [-0.1, -0.05) is 0 Å². The number of carbonyl (C=O) groups excluding carboxylic acids is 1. The van der Waals surface area contributed by atoms with Crippen molar-refractivity contribution in [1.82, 2.24) is 15.5 Å². The highest BCUT2D eigenvalue weighted by Gasteiger charge is 2.22. The number of aryl methyl sites for hydroxylation is 1. The molecule has 1 unspecified atom stereocenters. The number of aromatic nitrogens is 2. The Bertz CT molecular complexity index is 490. The first-order valence-electron chi connectivity index (χ1n) is 7.63. The fourth-order valence-corrected chi connectivity index (χ4v) is 2.62. The van der Waals surface area contributed by atoms with E-state index in [0.29, 0.717) is 13.0 Å². The van der Waals surface area contributed by atoms with Crippen molar-refractivity contribution >= 4 is 6.09 Å². The molecule has 0 saturated carbocycles. The number of rotatable bonds is 4. The quantitative estimate of drug-likeness (QED) is 0.787. The average Bonchev–Trinajstić information content (AvgIpc) is 2.79. The van der Waals surface area contributed by atoms with Gasteiger partial charge in [-0.3, -0.25) is 5.10 Å². The molecule has 1 aliphatic carbocycles. The Morgan fingerprint density at radius 3 is 2.81 bits per heavy atom. The number of nitrogens with zero attached hydrogens (tertiary/aromatic N) is 1. The number of carbonyl (C=O) groups is 1. The van der Waals surface area contributed by atoms with E-state index in [2.05, 4.69) is 15.5 Å². The molecule has 0 fully saturated rings. The minimum Gasteiger partial charge on any atom is -0.444 e. The van der Waals surface area contributed by atoms with Crippen LogP contribution in [0.1, 0.15) is 50.6 Å². The zero-order valence-electron chi connectivity index (χ0n) is 13.2. The van der Waals surface area contributed by atoms with Crippen LogP contribution in [0.3, 0.4) is 0 Å². The standard InChI is InChI=1S/C15H26N4O2/c1-15(2,3)21-14(20)17-10(9-16)8-13-11-6-4-5-7-12(11)18-19-13/h10H,4-9,16H2,1-3H3,(H,17,20)(H,18,19). The summed E-state index contributed by atoms with van der Waals surface area (Å²) in [4.78, 5) is 11.8. The molecule has 1 aromatic heterocycles. The molecule has 0 saturated heterocycles. The van der Waals surface area contributed by atoms with Crippen molar-refractivity contribution in [3.05, 3.63) is 17.0 Å².